The molecule has 21 heavy (non-hydrogen) atoms. The Balaban J connectivity index is 1.75. The SMILES string of the molecule is O=C(c1ccc2[nH]ccc2c1)N1CCSc2ccccc21. The van der Waals surface area contributed by atoms with Crippen LogP contribution in [0.3, 0.4) is 0 Å². The molecule has 1 amide bonds. The van der Waals surface area contributed by atoms with Crippen molar-refractivity contribution in [2.75, 3.05) is 17.2 Å². The molecule has 2 heterocycles. The van der Waals surface area contributed by atoms with E-state index in [1.807, 2.05) is 65.3 Å². The van der Waals surface area contributed by atoms with E-state index in [4.69, 9.17) is 0 Å². The number of hydrogen-bond acceptors (Lipinski definition) is 2. The van der Waals surface area contributed by atoms with Gasteiger partial charge in [0.2, 0.25) is 0 Å². The number of carbonyl (C=O) groups excluding carboxylic acids is 1. The zero-order valence-corrected chi connectivity index (χ0v) is 12.2. The molecular weight excluding hydrogens is 280 g/mol. The standard InChI is InChI=1S/C17H14N2OS/c20-17(13-5-6-14-12(11-13)7-8-18-14)19-9-10-21-16-4-2-1-3-15(16)19/h1-8,11,18H,9-10H2. The van der Waals surface area contributed by atoms with Gasteiger partial charge in [0.05, 0.1) is 5.69 Å². The van der Waals surface area contributed by atoms with Crippen LogP contribution in [0.1, 0.15) is 10.4 Å². The predicted molar refractivity (Wildman–Crippen MR) is 87.1 cm³/mol. The average molecular weight is 294 g/mol. The molecule has 3 nitrogen and oxygen atoms in total. The summed E-state index contributed by atoms with van der Waals surface area (Å²) in [5.41, 5.74) is 2.82. The highest BCUT2D eigenvalue weighted by molar-refractivity contribution is 7.99. The number of fused-ring (bicyclic) bond motifs is 2. The molecule has 3 aromatic rings. The molecule has 0 atom stereocenters. The minimum atomic E-state index is 0.0749. The van der Waals surface area contributed by atoms with Gasteiger partial charge in [-0.1, -0.05) is 12.1 Å². The molecule has 104 valence electrons. The van der Waals surface area contributed by atoms with Crippen LogP contribution in [0.5, 0.6) is 0 Å². The first kappa shape index (κ1) is 12.5. The summed E-state index contributed by atoms with van der Waals surface area (Å²) >= 11 is 1.81. The van der Waals surface area contributed by atoms with Crippen molar-refractivity contribution in [1.82, 2.24) is 4.98 Å². The summed E-state index contributed by atoms with van der Waals surface area (Å²) in [5.74, 6) is 1.01. The lowest BCUT2D eigenvalue weighted by atomic mass is 10.1. The third-order valence-electron chi connectivity index (χ3n) is 3.77. The summed E-state index contributed by atoms with van der Waals surface area (Å²) < 4.78 is 0. The van der Waals surface area contributed by atoms with Crippen LogP contribution in [-0.2, 0) is 0 Å². The Hall–Kier alpha value is -2.20. The second-order valence-electron chi connectivity index (χ2n) is 5.05. The van der Waals surface area contributed by atoms with Gasteiger partial charge in [0.1, 0.15) is 0 Å². The van der Waals surface area contributed by atoms with Crippen molar-refractivity contribution >= 4 is 34.3 Å². The molecule has 0 saturated heterocycles. The Labute approximate surface area is 127 Å². The summed E-state index contributed by atoms with van der Waals surface area (Å²) in [7, 11) is 0. The van der Waals surface area contributed by atoms with E-state index < -0.39 is 0 Å². The molecule has 0 aliphatic carbocycles. The molecule has 0 spiro atoms. The van der Waals surface area contributed by atoms with Gasteiger partial charge in [0.15, 0.2) is 0 Å². The van der Waals surface area contributed by atoms with Gasteiger partial charge >= 0.3 is 0 Å². The van der Waals surface area contributed by atoms with Crippen molar-refractivity contribution in [3.8, 4) is 0 Å². The number of aromatic amines is 1. The molecule has 0 unspecified atom stereocenters. The van der Waals surface area contributed by atoms with Crippen LogP contribution in [0, 0.1) is 0 Å². The Morgan fingerprint density at radius 1 is 1.14 bits per heavy atom. The number of nitrogens with one attached hydrogen (secondary N) is 1. The molecule has 0 saturated carbocycles. The normalized spacial score (nSPS) is 14.2. The van der Waals surface area contributed by atoms with Gasteiger partial charge < -0.3 is 9.88 Å². The highest BCUT2D eigenvalue weighted by atomic mass is 32.2. The van der Waals surface area contributed by atoms with E-state index in [0.717, 1.165) is 34.5 Å². The van der Waals surface area contributed by atoms with Crippen LogP contribution < -0.4 is 4.90 Å². The first-order valence-corrected chi connectivity index (χ1v) is 7.92. The molecule has 0 radical (unpaired) electrons. The van der Waals surface area contributed by atoms with E-state index in [0.29, 0.717) is 0 Å². The number of hydrogen-bond donors (Lipinski definition) is 1. The summed E-state index contributed by atoms with van der Waals surface area (Å²) in [6.07, 6.45) is 1.89. The molecule has 1 N–H and O–H groups in total. The number of para-hydroxylation sites is 1. The van der Waals surface area contributed by atoms with E-state index in [1.165, 1.54) is 4.90 Å². The lowest BCUT2D eigenvalue weighted by Crippen LogP contribution is -2.35. The molecule has 1 aliphatic rings. The molecule has 0 fully saturated rings. The second-order valence-corrected chi connectivity index (χ2v) is 6.19. The fraction of sp³-hybridized carbons (Fsp3) is 0.118. The maximum atomic E-state index is 12.8. The van der Waals surface area contributed by atoms with E-state index in [-0.39, 0.29) is 5.91 Å². The maximum absolute atomic E-state index is 12.8. The first-order chi connectivity index (χ1) is 10.3. The van der Waals surface area contributed by atoms with E-state index in [1.54, 1.807) is 0 Å². The molecule has 1 aromatic heterocycles. The van der Waals surface area contributed by atoms with Crippen LogP contribution in [0.25, 0.3) is 10.9 Å². The Morgan fingerprint density at radius 3 is 3.00 bits per heavy atom. The van der Waals surface area contributed by atoms with Crippen molar-refractivity contribution < 1.29 is 4.79 Å². The topological polar surface area (TPSA) is 36.1 Å². The van der Waals surface area contributed by atoms with E-state index in [2.05, 4.69) is 11.1 Å². The number of rotatable bonds is 1. The van der Waals surface area contributed by atoms with Crippen LogP contribution in [0.4, 0.5) is 5.69 Å². The minimum Gasteiger partial charge on any atom is -0.361 e. The van der Waals surface area contributed by atoms with Gasteiger partial charge in [0, 0.05) is 39.9 Å². The lowest BCUT2D eigenvalue weighted by Gasteiger charge is -2.29. The Morgan fingerprint density at radius 2 is 2.05 bits per heavy atom. The fourth-order valence-electron chi connectivity index (χ4n) is 2.72. The molecule has 1 aliphatic heterocycles. The van der Waals surface area contributed by atoms with Crippen LogP contribution >= 0.6 is 11.8 Å². The van der Waals surface area contributed by atoms with Gasteiger partial charge in [0.25, 0.3) is 5.91 Å². The van der Waals surface area contributed by atoms with Gasteiger partial charge in [-0.05, 0) is 36.4 Å². The predicted octanol–water partition coefficient (Wildman–Crippen LogP) is 3.92. The van der Waals surface area contributed by atoms with Crippen LogP contribution in [0.2, 0.25) is 0 Å². The number of benzene rings is 2. The van der Waals surface area contributed by atoms with Gasteiger partial charge in [-0.3, -0.25) is 4.79 Å². The monoisotopic (exact) mass is 294 g/mol. The second kappa shape index (κ2) is 4.97. The maximum Gasteiger partial charge on any atom is 0.258 e. The van der Waals surface area contributed by atoms with Crippen LogP contribution in [-0.4, -0.2) is 23.2 Å². The summed E-state index contributed by atoms with van der Waals surface area (Å²) in [4.78, 5) is 19.1. The summed E-state index contributed by atoms with van der Waals surface area (Å²) in [6.45, 7) is 0.756. The zero-order valence-electron chi connectivity index (χ0n) is 11.4. The molecule has 4 rings (SSSR count). The highest BCUT2D eigenvalue weighted by Gasteiger charge is 2.23. The van der Waals surface area contributed by atoms with Gasteiger partial charge in [-0.25, -0.2) is 0 Å². The molecular formula is C17H14N2OS. The third-order valence-corrected chi connectivity index (χ3v) is 4.82. The fourth-order valence-corrected chi connectivity index (χ4v) is 3.72. The number of aromatic nitrogens is 1. The molecule has 2 aromatic carbocycles. The molecule has 4 heteroatoms. The number of amides is 1. The first-order valence-electron chi connectivity index (χ1n) is 6.94. The van der Waals surface area contributed by atoms with E-state index >= 15 is 0 Å². The van der Waals surface area contributed by atoms with Crippen molar-refractivity contribution in [1.29, 1.82) is 0 Å². The molecule has 0 bridgehead atoms. The van der Waals surface area contributed by atoms with Gasteiger partial charge in [-0.15, -0.1) is 11.8 Å². The minimum absolute atomic E-state index is 0.0749. The van der Waals surface area contributed by atoms with Gasteiger partial charge in [-0.2, -0.15) is 0 Å². The third kappa shape index (κ3) is 2.12. The number of anilines is 1. The van der Waals surface area contributed by atoms with Crippen molar-refractivity contribution in [3.05, 3.63) is 60.3 Å². The lowest BCUT2D eigenvalue weighted by molar-refractivity contribution is 0.0988. The number of nitrogens with zero attached hydrogens (tertiary/aromatic N) is 1. The van der Waals surface area contributed by atoms with Crippen LogP contribution in [0.15, 0.2) is 59.6 Å². The summed E-state index contributed by atoms with van der Waals surface area (Å²) in [5, 5.41) is 1.07. The number of H-pyrrole nitrogens is 1. The largest absolute Gasteiger partial charge is 0.361 e. The Kier molecular flexibility index (Phi) is 2.97. The Bertz CT molecular complexity index is 824. The van der Waals surface area contributed by atoms with Crippen molar-refractivity contribution in [2.45, 2.75) is 4.90 Å². The average Bonchev–Trinajstić information content (AvgIpc) is 3.01. The quantitative estimate of drug-likeness (QED) is 0.738. The highest BCUT2D eigenvalue weighted by Crippen LogP contribution is 2.35. The summed E-state index contributed by atoms with van der Waals surface area (Å²) in [6, 6.07) is 15.9. The van der Waals surface area contributed by atoms with Crippen molar-refractivity contribution in [2.24, 2.45) is 0 Å². The zero-order chi connectivity index (χ0) is 14.2. The smallest absolute Gasteiger partial charge is 0.258 e. The number of thioether (sulfide) groups is 1. The van der Waals surface area contributed by atoms with Crippen molar-refractivity contribution in [3.63, 3.8) is 0 Å². The number of carbonyl (C=O) groups is 1. The van der Waals surface area contributed by atoms with E-state index in [9.17, 15) is 4.79 Å².